The van der Waals surface area contributed by atoms with Gasteiger partial charge in [-0.2, -0.15) is 0 Å². The zero-order chi connectivity index (χ0) is 16.4. The lowest BCUT2D eigenvalue weighted by Crippen LogP contribution is -1.97. The Hall–Kier alpha value is -2.66. The fourth-order valence-corrected chi connectivity index (χ4v) is 2.37. The summed E-state index contributed by atoms with van der Waals surface area (Å²) in [6.07, 6.45) is 1.32. The molecule has 0 fully saturated rings. The number of hydrogen-bond donors (Lipinski definition) is 1. The topological polar surface area (TPSA) is 46.8 Å². The average Bonchev–Trinajstić information content (AvgIpc) is 2.91. The SMILES string of the molecule is C=C(C)COc1ccc(-c2nc3ccc(F)cn3c2CO)cc1. The zero-order valence-corrected chi connectivity index (χ0v) is 12.8. The molecule has 3 rings (SSSR count). The van der Waals surface area contributed by atoms with E-state index in [9.17, 15) is 9.50 Å². The number of pyridine rings is 1. The summed E-state index contributed by atoms with van der Waals surface area (Å²) < 4.78 is 20.5. The van der Waals surface area contributed by atoms with Crippen LogP contribution in [-0.4, -0.2) is 21.1 Å². The number of hydrogen-bond acceptors (Lipinski definition) is 3. The summed E-state index contributed by atoms with van der Waals surface area (Å²) in [6, 6.07) is 10.3. The highest BCUT2D eigenvalue weighted by atomic mass is 19.1. The molecule has 23 heavy (non-hydrogen) atoms. The van der Waals surface area contributed by atoms with E-state index in [1.165, 1.54) is 12.3 Å². The maximum atomic E-state index is 13.4. The summed E-state index contributed by atoms with van der Waals surface area (Å²) in [5.74, 6) is 0.358. The van der Waals surface area contributed by atoms with Gasteiger partial charge >= 0.3 is 0 Å². The van der Waals surface area contributed by atoms with Crippen LogP contribution in [-0.2, 0) is 6.61 Å². The van der Waals surface area contributed by atoms with E-state index < -0.39 is 0 Å². The van der Waals surface area contributed by atoms with E-state index >= 15 is 0 Å². The van der Waals surface area contributed by atoms with Crippen molar-refractivity contribution in [3.63, 3.8) is 0 Å². The van der Waals surface area contributed by atoms with Gasteiger partial charge in [0, 0.05) is 11.8 Å². The number of aliphatic hydroxyl groups is 1. The molecule has 5 heteroatoms. The number of fused-ring (bicyclic) bond motifs is 1. The first kappa shape index (κ1) is 15.2. The average molecular weight is 312 g/mol. The lowest BCUT2D eigenvalue weighted by Gasteiger charge is -2.07. The summed E-state index contributed by atoms with van der Waals surface area (Å²) in [4.78, 5) is 4.48. The Morgan fingerprint density at radius 1 is 1.26 bits per heavy atom. The Labute approximate surface area is 133 Å². The van der Waals surface area contributed by atoms with Crippen molar-refractivity contribution < 1.29 is 14.2 Å². The molecule has 0 bridgehead atoms. The standard InChI is InChI=1S/C18H17FN2O2/c1-12(2)11-23-15-6-3-13(4-7-15)18-16(10-22)21-9-14(19)5-8-17(21)20-18/h3-9,22H,1,10-11H2,2H3. The van der Waals surface area contributed by atoms with Gasteiger partial charge in [-0.3, -0.25) is 4.40 Å². The number of aliphatic hydroxyl groups excluding tert-OH is 1. The Kier molecular flexibility index (Phi) is 4.12. The highest BCUT2D eigenvalue weighted by Crippen LogP contribution is 2.26. The first-order chi connectivity index (χ1) is 11.1. The second-order valence-electron chi connectivity index (χ2n) is 5.41. The van der Waals surface area contributed by atoms with E-state index in [0.717, 1.165) is 16.9 Å². The second kappa shape index (κ2) is 6.22. The normalized spacial score (nSPS) is 10.9. The van der Waals surface area contributed by atoms with E-state index in [-0.39, 0.29) is 12.4 Å². The molecule has 0 aliphatic heterocycles. The third kappa shape index (κ3) is 3.10. The monoisotopic (exact) mass is 312 g/mol. The van der Waals surface area contributed by atoms with Gasteiger partial charge in [0.15, 0.2) is 0 Å². The molecule has 0 aliphatic carbocycles. The quantitative estimate of drug-likeness (QED) is 0.732. The molecule has 4 nitrogen and oxygen atoms in total. The molecule has 1 N–H and O–H groups in total. The van der Waals surface area contributed by atoms with Gasteiger partial charge < -0.3 is 9.84 Å². The predicted molar refractivity (Wildman–Crippen MR) is 86.8 cm³/mol. The minimum Gasteiger partial charge on any atom is -0.489 e. The Morgan fingerprint density at radius 2 is 2.00 bits per heavy atom. The van der Waals surface area contributed by atoms with Gasteiger partial charge in [-0.05, 0) is 48.9 Å². The van der Waals surface area contributed by atoms with Gasteiger partial charge in [-0.1, -0.05) is 6.58 Å². The van der Waals surface area contributed by atoms with Gasteiger partial charge in [0.25, 0.3) is 0 Å². The maximum Gasteiger partial charge on any atom is 0.139 e. The highest BCUT2D eigenvalue weighted by molar-refractivity contribution is 5.67. The number of imidazole rings is 1. The molecule has 0 atom stereocenters. The van der Waals surface area contributed by atoms with Gasteiger partial charge in [-0.25, -0.2) is 9.37 Å². The number of rotatable bonds is 5. The number of ether oxygens (including phenoxy) is 1. The van der Waals surface area contributed by atoms with Crippen molar-refractivity contribution in [1.29, 1.82) is 0 Å². The summed E-state index contributed by atoms with van der Waals surface area (Å²) in [5.41, 5.74) is 3.55. The first-order valence-electron chi connectivity index (χ1n) is 7.23. The molecule has 0 unspecified atom stereocenters. The zero-order valence-electron chi connectivity index (χ0n) is 12.8. The van der Waals surface area contributed by atoms with Crippen molar-refractivity contribution in [3.8, 4) is 17.0 Å². The highest BCUT2D eigenvalue weighted by Gasteiger charge is 2.13. The summed E-state index contributed by atoms with van der Waals surface area (Å²) in [7, 11) is 0. The minimum atomic E-state index is -0.375. The summed E-state index contributed by atoms with van der Waals surface area (Å²) >= 11 is 0. The van der Waals surface area contributed by atoms with Gasteiger partial charge in [0.05, 0.1) is 18.0 Å². The van der Waals surface area contributed by atoms with E-state index in [0.29, 0.717) is 23.6 Å². The molecule has 118 valence electrons. The number of halogens is 1. The van der Waals surface area contributed by atoms with Crippen LogP contribution in [0.15, 0.2) is 54.7 Å². The number of aromatic nitrogens is 2. The van der Waals surface area contributed by atoms with E-state index in [4.69, 9.17) is 4.74 Å². The van der Waals surface area contributed by atoms with Crippen LogP contribution >= 0.6 is 0 Å². The molecule has 0 spiro atoms. The van der Waals surface area contributed by atoms with E-state index in [1.807, 2.05) is 31.2 Å². The maximum absolute atomic E-state index is 13.4. The Balaban J connectivity index is 1.98. The molecule has 2 aromatic heterocycles. The lowest BCUT2D eigenvalue weighted by atomic mass is 10.1. The van der Waals surface area contributed by atoms with Crippen molar-refractivity contribution in [2.75, 3.05) is 6.61 Å². The van der Waals surface area contributed by atoms with Crippen LogP contribution in [0.2, 0.25) is 0 Å². The van der Waals surface area contributed by atoms with Crippen molar-refractivity contribution in [2.24, 2.45) is 0 Å². The third-order valence-electron chi connectivity index (χ3n) is 3.44. The fraction of sp³-hybridized carbons (Fsp3) is 0.167. The van der Waals surface area contributed by atoms with Crippen LogP contribution in [0.1, 0.15) is 12.6 Å². The van der Waals surface area contributed by atoms with Crippen LogP contribution in [0.5, 0.6) is 5.75 Å². The summed E-state index contributed by atoms with van der Waals surface area (Å²) in [6.45, 7) is 5.93. The van der Waals surface area contributed by atoms with Crippen LogP contribution in [0.3, 0.4) is 0 Å². The van der Waals surface area contributed by atoms with Crippen molar-refractivity contribution in [1.82, 2.24) is 9.38 Å². The molecule has 3 aromatic rings. The lowest BCUT2D eigenvalue weighted by molar-refractivity contribution is 0.276. The molecule has 0 amide bonds. The smallest absolute Gasteiger partial charge is 0.139 e. The van der Waals surface area contributed by atoms with E-state index in [2.05, 4.69) is 11.6 Å². The van der Waals surface area contributed by atoms with Gasteiger partial charge in [0.2, 0.25) is 0 Å². The molecule has 2 heterocycles. The largest absolute Gasteiger partial charge is 0.489 e. The second-order valence-corrected chi connectivity index (χ2v) is 5.41. The molecule has 0 saturated heterocycles. The molecular weight excluding hydrogens is 295 g/mol. The van der Waals surface area contributed by atoms with Crippen LogP contribution in [0, 0.1) is 5.82 Å². The van der Waals surface area contributed by atoms with E-state index in [1.54, 1.807) is 10.5 Å². The Morgan fingerprint density at radius 3 is 2.65 bits per heavy atom. The molecule has 0 radical (unpaired) electrons. The number of benzene rings is 1. The minimum absolute atomic E-state index is 0.228. The molecule has 1 aromatic carbocycles. The predicted octanol–water partition coefficient (Wildman–Crippen LogP) is 3.59. The molecule has 0 aliphatic rings. The van der Waals surface area contributed by atoms with Crippen molar-refractivity contribution in [3.05, 3.63) is 66.3 Å². The van der Waals surface area contributed by atoms with Crippen molar-refractivity contribution >= 4 is 5.65 Å². The molecular formula is C18H17FN2O2. The van der Waals surface area contributed by atoms with Crippen LogP contribution < -0.4 is 4.74 Å². The third-order valence-corrected chi connectivity index (χ3v) is 3.44. The first-order valence-corrected chi connectivity index (χ1v) is 7.23. The fourth-order valence-electron chi connectivity index (χ4n) is 2.37. The summed E-state index contributed by atoms with van der Waals surface area (Å²) in [5, 5.41) is 9.64. The van der Waals surface area contributed by atoms with Gasteiger partial charge in [-0.15, -0.1) is 0 Å². The van der Waals surface area contributed by atoms with Crippen LogP contribution in [0.4, 0.5) is 4.39 Å². The van der Waals surface area contributed by atoms with Crippen molar-refractivity contribution in [2.45, 2.75) is 13.5 Å². The Bertz CT molecular complexity index is 853. The molecule has 0 saturated carbocycles. The van der Waals surface area contributed by atoms with Gasteiger partial charge in [0.1, 0.15) is 23.8 Å². The number of nitrogens with zero attached hydrogens (tertiary/aromatic N) is 2. The van der Waals surface area contributed by atoms with Crippen LogP contribution in [0.25, 0.3) is 16.9 Å².